The number of fused-ring (bicyclic) bond motifs is 2. The minimum Gasteiger partial charge on any atom is -0.368 e. The fourth-order valence-electron chi connectivity index (χ4n) is 4.97. The van der Waals surface area contributed by atoms with Gasteiger partial charge in [-0.2, -0.15) is 0 Å². The summed E-state index contributed by atoms with van der Waals surface area (Å²) in [6.07, 6.45) is 2.39. The molecule has 2 heterocycles. The normalized spacial score (nSPS) is 18.2. The summed E-state index contributed by atoms with van der Waals surface area (Å²) in [6, 6.07) is 13.5. The zero-order chi connectivity index (χ0) is 23.1. The average molecular weight is 528 g/mol. The first-order chi connectivity index (χ1) is 15.9. The molecule has 33 heavy (non-hydrogen) atoms. The number of nitrogens with two attached hydrogens (primary N) is 1. The molecule has 0 spiro atoms. The lowest BCUT2D eigenvalue weighted by molar-refractivity contribution is -0.122. The maximum absolute atomic E-state index is 13.4. The molecule has 0 radical (unpaired) electrons. The second-order valence-corrected chi connectivity index (χ2v) is 9.95. The molecule has 0 bridgehead atoms. The molecule has 0 saturated carbocycles. The summed E-state index contributed by atoms with van der Waals surface area (Å²) in [5.74, 6) is -0.407. The van der Waals surface area contributed by atoms with Crippen molar-refractivity contribution in [3.63, 3.8) is 0 Å². The molecule has 1 atom stereocenters. The second-order valence-electron chi connectivity index (χ2n) is 8.60. The molecule has 2 aliphatic rings. The largest absolute Gasteiger partial charge is 0.368 e. The zero-order valence-corrected chi connectivity index (χ0v) is 20.3. The van der Waals surface area contributed by atoms with Crippen LogP contribution in [0.15, 0.2) is 46.9 Å². The van der Waals surface area contributed by atoms with E-state index in [4.69, 9.17) is 17.3 Å². The van der Waals surface area contributed by atoms with Gasteiger partial charge in [0.05, 0.1) is 11.6 Å². The highest BCUT2D eigenvalue weighted by Crippen LogP contribution is 2.40. The second kappa shape index (κ2) is 8.97. The van der Waals surface area contributed by atoms with E-state index in [1.807, 2.05) is 36.4 Å². The van der Waals surface area contributed by atoms with Crippen molar-refractivity contribution >= 4 is 61.4 Å². The van der Waals surface area contributed by atoms with Gasteiger partial charge in [-0.15, -0.1) is 0 Å². The molecule has 1 aromatic heterocycles. The third kappa shape index (κ3) is 4.33. The fraction of sp³-hybridized carbons (Fsp3) is 0.280. The molecule has 5 rings (SSSR count). The van der Waals surface area contributed by atoms with Crippen molar-refractivity contribution in [1.82, 2.24) is 15.2 Å². The lowest BCUT2D eigenvalue weighted by Crippen LogP contribution is -2.43. The van der Waals surface area contributed by atoms with Gasteiger partial charge in [0.1, 0.15) is 0 Å². The molecule has 1 aliphatic heterocycles. The highest BCUT2D eigenvalue weighted by atomic mass is 79.9. The average Bonchev–Trinajstić information content (AvgIpc) is 3.49. The van der Waals surface area contributed by atoms with Crippen LogP contribution < -0.4 is 11.1 Å². The zero-order valence-electron chi connectivity index (χ0n) is 18.0. The number of halogens is 2. The van der Waals surface area contributed by atoms with Crippen LogP contribution in [-0.2, 0) is 16.0 Å². The molecule has 1 aliphatic carbocycles. The number of carbonyl (C=O) groups is 2. The van der Waals surface area contributed by atoms with E-state index in [2.05, 4.69) is 37.2 Å². The van der Waals surface area contributed by atoms with Gasteiger partial charge in [0, 0.05) is 45.6 Å². The quantitative estimate of drug-likeness (QED) is 0.450. The minimum atomic E-state index is -0.293. The van der Waals surface area contributed by atoms with Crippen molar-refractivity contribution in [3.8, 4) is 0 Å². The Morgan fingerprint density at radius 1 is 1.21 bits per heavy atom. The summed E-state index contributed by atoms with van der Waals surface area (Å²) >= 11 is 9.72. The van der Waals surface area contributed by atoms with Crippen LogP contribution >= 0.6 is 27.5 Å². The predicted octanol–water partition coefficient (Wildman–Crippen LogP) is 4.12. The highest BCUT2D eigenvalue weighted by molar-refractivity contribution is 9.10. The van der Waals surface area contributed by atoms with Crippen LogP contribution in [0.2, 0.25) is 5.02 Å². The number of hydrogen-bond donors (Lipinski definition) is 3. The number of primary amides is 1. The van der Waals surface area contributed by atoms with E-state index in [1.165, 1.54) is 0 Å². The van der Waals surface area contributed by atoms with Gasteiger partial charge in [-0.1, -0.05) is 33.6 Å². The van der Waals surface area contributed by atoms with Gasteiger partial charge >= 0.3 is 0 Å². The number of nitrogens with one attached hydrogen (secondary N) is 2. The molecular weight excluding hydrogens is 504 g/mol. The number of carbonyl (C=O) groups excluding carboxylic acids is 2. The first kappa shape index (κ1) is 22.2. The van der Waals surface area contributed by atoms with Crippen LogP contribution in [0.3, 0.4) is 0 Å². The van der Waals surface area contributed by atoms with Crippen LogP contribution in [0.5, 0.6) is 0 Å². The maximum Gasteiger partial charge on any atom is 0.252 e. The highest BCUT2D eigenvalue weighted by Gasteiger charge is 2.30. The van der Waals surface area contributed by atoms with E-state index >= 15 is 0 Å². The molecule has 3 aromatic rings. The Morgan fingerprint density at radius 3 is 2.88 bits per heavy atom. The van der Waals surface area contributed by atoms with Crippen LogP contribution in [0.25, 0.3) is 22.0 Å². The number of aromatic nitrogens is 1. The molecule has 0 unspecified atom stereocenters. The van der Waals surface area contributed by atoms with Crippen LogP contribution in [0.4, 0.5) is 0 Å². The molecule has 1 fully saturated rings. The molecule has 2 aromatic carbocycles. The molecule has 6 nitrogen and oxygen atoms in total. The van der Waals surface area contributed by atoms with Crippen LogP contribution in [0, 0.1) is 0 Å². The van der Waals surface area contributed by atoms with Gasteiger partial charge in [-0.25, -0.2) is 0 Å². The van der Waals surface area contributed by atoms with Crippen molar-refractivity contribution in [2.75, 3.05) is 19.6 Å². The Balaban J connectivity index is 1.43. The number of H-pyrrole nitrogens is 1. The van der Waals surface area contributed by atoms with E-state index in [-0.39, 0.29) is 17.9 Å². The van der Waals surface area contributed by atoms with Crippen molar-refractivity contribution < 1.29 is 9.59 Å². The molecule has 2 amide bonds. The first-order valence-electron chi connectivity index (χ1n) is 11.0. The van der Waals surface area contributed by atoms with E-state index in [1.54, 1.807) is 0 Å². The van der Waals surface area contributed by atoms with Crippen LogP contribution in [-0.4, -0.2) is 47.4 Å². The summed E-state index contributed by atoms with van der Waals surface area (Å²) in [6.45, 7) is 1.87. The summed E-state index contributed by atoms with van der Waals surface area (Å²) in [4.78, 5) is 30.6. The number of hydrogen-bond acceptors (Lipinski definition) is 3. The predicted molar refractivity (Wildman–Crippen MR) is 135 cm³/mol. The van der Waals surface area contributed by atoms with E-state index in [0.29, 0.717) is 30.1 Å². The molecule has 1 saturated heterocycles. The number of amides is 2. The van der Waals surface area contributed by atoms with Gasteiger partial charge in [0.25, 0.3) is 5.91 Å². The maximum atomic E-state index is 13.4. The van der Waals surface area contributed by atoms with Gasteiger partial charge in [0.15, 0.2) is 0 Å². The molecule has 4 N–H and O–H groups in total. The van der Waals surface area contributed by atoms with Crippen molar-refractivity contribution in [2.24, 2.45) is 5.73 Å². The van der Waals surface area contributed by atoms with E-state index in [0.717, 1.165) is 57.2 Å². The third-order valence-corrected chi connectivity index (χ3v) is 7.25. The monoisotopic (exact) mass is 526 g/mol. The summed E-state index contributed by atoms with van der Waals surface area (Å²) in [7, 11) is 0. The van der Waals surface area contributed by atoms with Gasteiger partial charge in [-0.3, -0.25) is 14.5 Å². The summed E-state index contributed by atoms with van der Waals surface area (Å²) in [5, 5.41) is 4.76. The number of aromatic amines is 1. The minimum absolute atomic E-state index is 0.113. The Labute approximate surface area is 205 Å². The number of allylic oxidation sites excluding steroid dienone is 1. The fourth-order valence-corrected chi connectivity index (χ4v) is 5.56. The molecular formula is C25H24BrClN4O2. The number of likely N-dealkylation sites (tertiary alicyclic amines) is 1. The van der Waals surface area contributed by atoms with Crippen molar-refractivity contribution in [3.05, 3.63) is 68.8 Å². The Bertz CT molecular complexity index is 1300. The summed E-state index contributed by atoms with van der Waals surface area (Å²) in [5.41, 5.74) is 11.1. The van der Waals surface area contributed by atoms with Crippen molar-refractivity contribution in [1.29, 1.82) is 0 Å². The SMILES string of the molecule is NC(=O)[C@@H]1CCCN1CCNC(=O)C1=C(c2cc3cc(Cl)ccc3[nH]2)Cc2cc(Br)ccc21. The van der Waals surface area contributed by atoms with Crippen molar-refractivity contribution in [2.45, 2.75) is 25.3 Å². The molecule has 170 valence electrons. The van der Waals surface area contributed by atoms with E-state index < -0.39 is 0 Å². The van der Waals surface area contributed by atoms with Gasteiger partial charge in [-0.05, 0) is 72.5 Å². The number of rotatable bonds is 6. The standard InChI is InChI=1S/C25H24BrClN4O2/c26-16-3-5-18-14(10-16)12-19(21-13-15-11-17(27)4-6-20(15)30-21)23(18)25(33)29-7-9-31-8-1-2-22(31)24(28)32/h3-6,10-11,13,22,30H,1-2,7-9,12H2,(H2,28,32)(H,29,33)/t22-/m0/s1. The number of benzene rings is 2. The van der Waals surface area contributed by atoms with Gasteiger partial charge < -0.3 is 16.0 Å². The lowest BCUT2D eigenvalue weighted by Gasteiger charge is -2.22. The Hall–Kier alpha value is -2.61. The molecule has 8 heteroatoms. The Morgan fingerprint density at radius 2 is 2.06 bits per heavy atom. The Kier molecular flexibility index (Phi) is 6.03. The van der Waals surface area contributed by atoms with Crippen LogP contribution in [0.1, 0.15) is 29.7 Å². The smallest absolute Gasteiger partial charge is 0.252 e. The first-order valence-corrected chi connectivity index (χ1v) is 12.2. The third-order valence-electron chi connectivity index (χ3n) is 6.52. The number of nitrogens with zero attached hydrogens (tertiary/aromatic N) is 1. The van der Waals surface area contributed by atoms with Gasteiger partial charge in [0.2, 0.25) is 5.91 Å². The van der Waals surface area contributed by atoms with E-state index in [9.17, 15) is 9.59 Å². The lowest BCUT2D eigenvalue weighted by atomic mass is 10.0. The summed E-state index contributed by atoms with van der Waals surface area (Å²) < 4.78 is 0.984. The topological polar surface area (TPSA) is 91.2 Å².